The Morgan fingerprint density at radius 3 is 2.71 bits per heavy atom. The van der Waals surface area contributed by atoms with E-state index < -0.39 is 22.6 Å². The molecule has 6 nitrogen and oxygen atoms in total. The summed E-state index contributed by atoms with van der Waals surface area (Å²) in [6.07, 6.45) is -1.57. The molecule has 2 aromatic carbocycles. The number of hydrogen-bond acceptors (Lipinski definition) is 5. The van der Waals surface area contributed by atoms with Crippen molar-refractivity contribution in [3.63, 3.8) is 0 Å². The van der Waals surface area contributed by atoms with E-state index in [0.29, 0.717) is 5.69 Å². The quantitative estimate of drug-likeness (QED) is 0.513. The van der Waals surface area contributed by atoms with Crippen molar-refractivity contribution >= 4 is 35.0 Å². The van der Waals surface area contributed by atoms with E-state index in [4.69, 9.17) is 0 Å². The van der Waals surface area contributed by atoms with Crippen LogP contribution in [0.1, 0.15) is 56.0 Å². The number of halogens is 3. The second-order valence-electron chi connectivity index (χ2n) is 9.11. The van der Waals surface area contributed by atoms with Crippen LogP contribution in [0.5, 0.6) is 0 Å². The number of nitrogens with zero attached hydrogens (tertiary/aromatic N) is 1. The lowest BCUT2D eigenvalue weighted by Gasteiger charge is -2.48. The molecule has 3 N–H and O–H groups in total. The molecule has 1 radical (unpaired) electrons. The lowest BCUT2D eigenvalue weighted by molar-refractivity contribution is -0.137. The Balaban J connectivity index is 1.65. The average Bonchev–Trinajstić information content (AvgIpc) is 3.17. The van der Waals surface area contributed by atoms with Crippen LogP contribution in [0.4, 0.5) is 24.5 Å². The molecular weight excluding hydrogens is 477 g/mol. The zero-order valence-corrected chi connectivity index (χ0v) is 20.6. The molecular formula is C25H28F3N4O2S. The van der Waals surface area contributed by atoms with Gasteiger partial charge < -0.3 is 16.0 Å². The molecule has 2 atom stereocenters. The zero-order chi connectivity index (χ0) is 25.4. The van der Waals surface area contributed by atoms with Gasteiger partial charge in [0.2, 0.25) is 5.91 Å². The second kappa shape index (κ2) is 9.73. The number of likely N-dealkylation sites (tertiary alicyclic amines) is 1. The third-order valence-corrected chi connectivity index (χ3v) is 7.63. The Kier molecular flexibility index (Phi) is 7.06. The number of hydrogen-bond donors (Lipinski definition) is 3. The maximum Gasteiger partial charge on any atom is 0.416 e. The molecule has 0 aromatic heterocycles. The van der Waals surface area contributed by atoms with Gasteiger partial charge in [-0.15, -0.1) is 0 Å². The lowest BCUT2D eigenvalue weighted by atomic mass is 9.96. The molecule has 2 amide bonds. The van der Waals surface area contributed by atoms with E-state index in [1.54, 1.807) is 12.1 Å². The minimum absolute atomic E-state index is 0.0229. The van der Waals surface area contributed by atoms with Crippen LogP contribution < -0.4 is 16.0 Å². The third-order valence-electron chi connectivity index (χ3n) is 6.27. The molecule has 0 spiro atoms. The Bertz CT molecular complexity index is 1120. The summed E-state index contributed by atoms with van der Waals surface area (Å²) in [5.74, 6) is -0.759. The lowest BCUT2D eigenvalue weighted by Crippen LogP contribution is -2.65. The van der Waals surface area contributed by atoms with Gasteiger partial charge in [-0.05, 0) is 57.5 Å². The molecule has 2 aromatic rings. The van der Waals surface area contributed by atoms with E-state index in [-0.39, 0.29) is 29.2 Å². The Hall–Kier alpha value is -2.72. The van der Waals surface area contributed by atoms with Gasteiger partial charge >= 0.3 is 6.18 Å². The summed E-state index contributed by atoms with van der Waals surface area (Å²) in [6.45, 7) is 6.61. The highest BCUT2D eigenvalue weighted by atomic mass is 32.2. The van der Waals surface area contributed by atoms with Crippen molar-refractivity contribution in [2.75, 3.05) is 17.2 Å². The number of fused-ring (bicyclic) bond motifs is 1. The summed E-state index contributed by atoms with van der Waals surface area (Å²) in [5.41, 5.74) is -0.112. The van der Waals surface area contributed by atoms with Crippen LogP contribution in [0.15, 0.2) is 41.3 Å². The highest BCUT2D eigenvalue weighted by Crippen LogP contribution is 2.50. The largest absolute Gasteiger partial charge is 0.416 e. The van der Waals surface area contributed by atoms with Gasteiger partial charge in [0.05, 0.1) is 22.9 Å². The molecule has 2 heterocycles. The molecule has 1 fully saturated rings. The number of anilines is 2. The number of thioether (sulfide) groups is 1. The summed E-state index contributed by atoms with van der Waals surface area (Å²) >= 11 is 1.46. The zero-order valence-electron chi connectivity index (χ0n) is 19.8. The SMILES string of the molecule is CC(=O)NC1(C2CCCCN2C(C)C)Nc2c(cccc2C(=O)Nc2[c]ccc(C(F)(F)F)c2)S1. The molecule has 187 valence electrons. The van der Waals surface area contributed by atoms with Crippen molar-refractivity contribution in [3.05, 3.63) is 53.6 Å². The molecule has 35 heavy (non-hydrogen) atoms. The number of para-hydroxylation sites is 1. The maximum absolute atomic E-state index is 13.2. The number of carbonyl (C=O) groups is 2. The van der Waals surface area contributed by atoms with Gasteiger partial charge in [-0.3, -0.25) is 14.5 Å². The highest BCUT2D eigenvalue weighted by molar-refractivity contribution is 8.01. The van der Waals surface area contributed by atoms with Gasteiger partial charge in [-0.2, -0.15) is 13.2 Å². The summed E-state index contributed by atoms with van der Waals surface area (Å²) in [4.78, 5) is 27.7. The van der Waals surface area contributed by atoms with Crippen LogP contribution in [0.3, 0.4) is 0 Å². The number of alkyl halides is 3. The topological polar surface area (TPSA) is 73.5 Å². The molecule has 2 aliphatic rings. The summed E-state index contributed by atoms with van der Waals surface area (Å²) < 4.78 is 39.3. The minimum Gasteiger partial charge on any atom is -0.351 e. The molecule has 2 unspecified atom stereocenters. The molecule has 2 aliphatic heterocycles. The Morgan fingerprint density at radius 2 is 2.03 bits per heavy atom. The van der Waals surface area contributed by atoms with Gasteiger partial charge in [-0.25, -0.2) is 0 Å². The van der Waals surface area contributed by atoms with Gasteiger partial charge in [0.15, 0.2) is 4.99 Å². The fourth-order valence-electron chi connectivity index (χ4n) is 4.79. The molecule has 0 aliphatic carbocycles. The molecule has 0 saturated carbocycles. The minimum atomic E-state index is -4.53. The number of carbonyl (C=O) groups excluding carboxylic acids is 2. The van der Waals surface area contributed by atoms with E-state index in [9.17, 15) is 22.8 Å². The first-order valence-corrected chi connectivity index (χ1v) is 12.4. The first-order chi connectivity index (χ1) is 16.5. The molecule has 1 saturated heterocycles. The van der Waals surface area contributed by atoms with Crippen molar-refractivity contribution in [1.29, 1.82) is 0 Å². The van der Waals surface area contributed by atoms with E-state index in [1.807, 2.05) is 6.07 Å². The first kappa shape index (κ1) is 25.4. The monoisotopic (exact) mass is 505 g/mol. The summed E-state index contributed by atoms with van der Waals surface area (Å²) in [7, 11) is 0. The van der Waals surface area contributed by atoms with Crippen molar-refractivity contribution < 1.29 is 22.8 Å². The fraction of sp³-hybridized carbons (Fsp3) is 0.440. The summed E-state index contributed by atoms with van der Waals surface area (Å²) in [5, 5.41) is 9.08. The molecule has 10 heteroatoms. The third kappa shape index (κ3) is 5.28. The van der Waals surface area contributed by atoms with Crippen molar-refractivity contribution in [2.45, 2.75) is 68.2 Å². The van der Waals surface area contributed by atoms with Crippen molar-refractivity contribution in [2.24, 2.45) is 0 Å². The van der Waals surface area contributed by atoms with E-state index in [0.717, 1.165) is 48.9 Å². The number of benzene rings is 2. The molecule has 0 bridgehead atoms. The van der Waals surface area contributed by atoms with Crippen LogP contribution in [0, 0.1) is 6.07 Å². The van der Waals surface area contributed by atoms with Gasteiger partial charge in [0.1, 0.15) is 0 Å². The Labute approximate surface area is 207 Å². The summed E-state index contributed by atoms with van der Waals surface area (Å²) in [6, 6.07) is 11.0. The van der Waals surface area contributed by atoms with E-state index in [1.165, 1.54) is 18.7 Å². The van der Waals surface area contributed by atoms with Crippen LogP contribution >= 0.6 is 11.8 Å². The van der Waals surface area contributed by atoms with Crippen LogP contribution in [0.25, 0.3) is 0 Å². The predicted octanol–water partition coefficient (Wildman–Crippen LogP) is 5.33. The number of nitrogens with one attached hydrogen (secondary N) is 3. The standard InChI is InChI=1S/C25H28F3N4O2S/c1-15(2)32-13-5-4-12-21(32)25(30-16(3)33)31-22-19(10-7-11-20(22)35-25)23(34)29-18-9-6-8-17(14-18)24(26,27)28/h6-8,10-11,14-15,21,31H,4-5,12-13H2,1-3H3,(H,29,34)(H,30,33). The number of rotatable bonds is 5. The van der Waals surface area contributed by atoms with Crippen LogP contribution in [-0.4, -0.2) is 40.3 Å². The average molecular weight is 506 g/mol. The van der Waals surface area contributed by atoms with Crippen LogP contribution in [-0.2, 0) is 11.0 Å². The van der Waals surface area contributed by atoms with Gasteiger partial charge in [0, 0.05) is 29.6 Å². The second-order valence-corrected chi connectivity index (χ2v) is 10.4. The van der Waals surface area contributed by atoms with Gasteiger partial charge in [0.25, 0.3) is 5.91 Å². The van der Waals surface area contributed by atoms with Crippen molar-refractivity contribution in [1.82, 2.24) is 10.2 Å². The Morgan fingerprint density at radius 1 is 1.26 bits per heavy atom. The van der Waals surface area contributed by atoms with Gasteiger partial charge in [-0.1, -0.05) is 30.3 Å². The van der Waals surface area contributed by atoms with Crippen LogP contribution in [0.2, 0.25) is 0 Å². The number of piperidine rings is 1. The van der Waals surface area contributed by atoms with Crippen molar-refractivity contribution in [3.8, 4) is 0 Å². The normalized spacial score (nSPS) is 22.4. The van der Waals surface area contributed by atoms with E-state index >= 15 is 0 Å². The fourth-order valence-corrected chi connectivity index (χ4v) is 6.28. The predicted molar refractivity (Wildman–Crippen MR) is 130 cm³/mol. The highest BCUT2D eigenvalue weighted by Gasteiger charge is 2.50. The smallest absolute Gasteiger partial charge is 0.351 e. The molecule has 4 rings (SSSR count). The maximum atomic E-state index is 13.2. The number of amides is 2. The first-order valence-electron chi connectivity index (χ1n) is 11.5. The van der Waals surface area contributed by atoms with E-state index in [2.05, 4.69) is 40.8 Å².